The van der Waals surface area contributed by atoms with Gasteiger partial charge in [0.15, 0.2) is 0 Å². The van der Waals surface area contributed by atoms with Crippen LogP contribution in [0.1, 0.15) is 53.3 Å². The highest BCUT2D eigenvalue weighted by molar-refractivity contribution is 5.95. The van der Waals surface area contributed by atoms with Gasteiger partial charge in [-0.25, -0.2) is 9.18 Å². The molecule has 2 unspecified atom stereocenters. The molecule has 2 amide bonds. The normalized spacial score (nSPS) is 17.6. The number of rotatable bonds is 7. The lowest BCUT2D eigenvalue weighted by atomic mass is 10.0. The lowest BCUT2D eigenvalue weighted by molar-refractivity contribution is -0.120. The fraction of sp³-hybridized carbons (Fsp3) is 0.400. The quantitative estimate of drug-likeness (QED) is 0.659. The van der Waals surface area contributed by atoms with E-state index in [1.54, 1.807) is 36.2 Å². The van der Waals surface area contributed by atoms with Gasteiger partial charge in [0.2, 0.25) is 5.91 Å². The van der Waals surface area contributed by atoms with Crippen LogP contribution in [0, 0.1) is 11.7 Å². The van der Waals surface area contributed by atoms with Crippen molar-refractivity contribution in [2.45, 2.75) is 38.6 Å². The average molecular weight is 441 g/mol. The van der Waals surface area contributed by atoms with Gasteiger partial charge in [-0.2, -0.15) is 0 Å². The van der Waals surface area contributed by atoms with Gasteiger partial charge in [0.05, 0.1) is 12.7 Å². The molecule has 2 aromatic rings. The number of nitrogens with one attached hydrogen (secondary N) is 1. The van der Waals surface area contributed by atoms with E-state index < -0.39 is 11.8 Å². The van der Waals surface area contributed by atoms with Crippen LogP contribution in [0.5, 0.6) is 0 Å². The van der Waals surface area contributed by atoms with E-state index in [4.69, 9.17) is 0 Å². The molecule has 2 aromatic carbocycles. The summed E-state index contributed by atoms with van der Waals surface area (Å²) in [6.45, 7) is 2.48. The number of esters is 1. The zero-order valence-electron chi connectivity index (χ0n) is 18.7. The van der Waals surface area contributed by atoms with Crippen molar-refractivity contribution in [3.05, 3.63) is 59.4 Å². The molecule has 3 rings (SSSR count). The minimum atomic E-state index is -0.596. The molecule has 0 radical (unpaired) electrons. The molecule has 0 spiro atoms. The fourth-order valence-electron chi connectivity index (χ4n) is 4.12. The van der Waals surface area contributed by atoms with Gasteiger partial charge in [-0.3, -0.25) is 9.59 Å². The molecule has 6 nitrogen and oxygen atoms in total. The molecule has 0 saturated heterocycles. The number of hydrogen-bond acceptors (Lipinski definition) is 4. The van der Waals surface area contributed by atoms with Crippen LogP contribution in [0.4, 0.5) is 4.39 Å². The molecule has 0 aromatic heterocycles. The van der Waals surface area contributed by atoms with Gasteiger partial charge in [0.1, 0.15) is 5.82 Å². The maximum atomic E-state index is 14.5. The third kappa shape index (κ3) is 5.33. The average Bonchev–Trinajstić information content (AvgIpc) is 3.30. The summed E-state index contributed by atoms with van der Waals surface area (Å²) in [5.74, 6) is -0.780. The highest BCUT2D eigenvalue weighted by atomic mass is 19.1. The highest BCUT2D eigenvalue weighted by Crippen LogP contribution is 2.30. The topological polar surface area (TPSA) is 75.7 Å². The van der Waals surface area contributed by atoms with E-state index in [1.165, 1.54) is 19.2 Å². The van der Waals surface area contributed by atoms with E-state index in [0.717, 1.165) is 25.3 Å². The Morgan fingerprint density at radius 2 is 1.78 bits per heavy atom. The minimum Gasteiger partial charge on any atom is -0.465 e. The molecule has 1 aliphatic carbocycles. The molecule has 1 saturated carbocycles. The van der Waals surface area contributed by atoms with Gasteiger partial charge in [-0.15, -0.1) is 0 Å². The van der Waals surface area contributed by atoms with Crippen LogP contribution in [0.15, 0.2) is 42.5 Å². The van der Waals surface area contributed by atoms with Gasteiger partial charge in [0.25, 0.3) is 5.91 Å². The Bertz CT molecular complexity index is 990. The van der Waals surface area contributed by atoms with E-state index in [9.17, 15) is 18.8 Å². The first-order chi connectivity index (χ1) is 15.3. The molecule has 2 atom stereocenters. The molecule has 170 valence electrons. The number of carbonyl (C=O) groups excluding carboxylic acids is 3. The number of hydrogen-bond donors (Lipinski definition) is 1. The fourth-order valence-corrected chi connectivity index (χ4v) is 4.12. The number of benzene rings is 2. The predicted molar refractivity (Wildman–Crippen MR) is 120 cm³/mol. The molecule has 1 aliphatic rings. The SMILES string of the molecule is CCC(=O)NCC1CCC(N(C)C(=O)c2ccc(-c3ccc(C(=O)OC)cc3F)cc2)C1. The molecule has 0 heterocycles. The molecular weight excluding hydrogens is 411 g/mol. The Hall–Kier alpha value is -3.22. The van der Waals surface area contributed by atoms with Crippen LogP contribution < -0.4 is 5.32 Å². The number of methoxy groups -OCH3 is 1. The van der Waals surface area contributed by atoms with E-state index >= 15 is 0 Å². The van der Waals surface area contributed by atoms with E-state index in [0.29, 0.717) is 35.6 Å². The standard InChI is InChI=1S/C25H29FN2O4/c1-4-23(29)27-15-16-5-11-20(13-16)28(2)24(30)18-8-6-17(7-9-18)21-12-10-19(14-22(21)26)25(31)32-3/h6-10,12,14,16,20H,4-5,11,13,15H2,1-3H3,(H,27,29). The first kappa shape index (κ1) is 23.4. The zero-order chi connectivity index (χ0) is 23.3. The summed E-state index contributed by atoms with van der Waals surface area (Å²) >= 11 is 0. The van der Waals surface area contributed by atoms with Crippen molar-refractivity contribution in [3.8, 4) is 11.1 Å². The summed E-state index contributed by atoms with van der Waals surface area (Å²) in [6.07, 6.45) is 3.22. The van der Waals surface area contributed by atoms with Crippen molar-refractivity contribution >= 4 is 17.8 Å². The van der Waals surface area contributed by atoms with Crippen molar-refractivity contribution in [2.75, 3.05) is 20.7 Å². The van der Waals surface area contributed by atoms with Gasteiger partial charge >= 0.3 is 5.97 Å². The summed E-state index contributed by atoms with van der Waals surface area (Å²) < 4.78 is 19.1. The van der Waals surface area contributed by atoms with Crippen molar-refractivity contribution in [1.29, 1.82) is 0 Å². The number of carbonyl (C=O) groups is 3. The third-order valence-corrected chi connectivity index (χ3v) is 6.12. The number of nitrogens with zero attached hydrogens (tertiary/aromatic N) is 1. The summed E-state index contributed by atoms with van der Waals surface area (Å²) in [7, 11) is 3.05. The van der Waals surface area contributed by atoms with Crippen LogP contribution >= 0.6 is 0 Å². The monoisotopic (exact) mass is 440 g/mol. The second kappa shape index (κ2) is 10.4. The Morgan fingerprint density at radius 3 is 2.41 bits per heavy atom. The summed E-state index contributed by atoms with van der Waals surface area (Å²) in [4.78, 5) is 37.7. The molecule has 0 bridgehead atoms. The first-order valence-electron chi connectivity index (χ1n) is 10.9. The molecular formula is C25H29FN2O4. The Balaban J connectivity index is 1.64. The van der Waals surface area contributed by atoms with Gasteiger partial charge in [0, 0.05) is 37.2 Å². The van der Waals surface area contributed by atoms with Crippen LogP contribution in [-0.4, -0.2) is 49.4 Å². The maximum Gasteiger partial charge on any atom is 0.337 e. The van der Waals surface area contributed by atoms with E-state index in [1.807, 2.05) is 6.92 Å². The predicted octanol–water partition coefficient (Wildman–Crippen LogP) is 4.05. The van der Waals surface area contributed by atoms with Crippen LogP contribution in [0.25, 0.3) is 11.1 Å². The first-order valence-corrected chi connectivity index (χ1v) is 10.9. The number of ether oxygens (including phenoxy) is 1. The van der Waals surface area contributed by atoms with Crippen molar-refractivity contribution < 1.29 is 23.5 Å². The van der Waals surface area contributed by atoms with Crippen LogP contribution in [-0.2, 0) is 9.53 Å². The highest BCUT2D eigenvalue weighted by Gasteiger charge is 2.30. The maximum absolute atomic E-state index is 14.5. The van der Waals surface area contributed by atoms with Gasteiger partial charge in [-0.1, -0.05) is 25.1 Å². The number of amides is 2. The smallest absolute Gasteiger partial charge is 0.337 e. The lowest BCUT2D eigenvalue weighted by Gasteiger charge is -2.25. The third-order valence-electron chi connectivity index (χ3n) is 6.12. The zero-order valence-corrected chi connectivity index (χ0v) is 18.7. The lowest BCUT2D eigenvalue weighted by Crippen LogP contribution is -2.36. The molecule has 0 aliphatic heterocycles. The molecule has 1 N–H and O–H groups in total. The Labute approximate surface area is 187 Å². The van der Waals surface area contributed by atoms with Crippen LogP contribution in [0.2, 0.25) is 0 Å². The van der Waals surface area contributed by atoms with Gasteiger partial charge in [-0.05, 0) is 55.0 Å². The molecule has 32 heavy (non-hydrogen) atoms. The number of halogens is 1. The van der Waals surface area contributed by atoms with Gasteiger partial charge < -0.3 is 15.0 Å². The summed E-state index contributed by atoms with van der Waals surface area (Å²) in [6, 6.07) is 11.1. The van der Waals surface area contributed by atoms with E-state index in [2.05, 4.69) is 10.1 Å². The summed E-state index contributed by atoms with van der Waals surface area (Å²) in [5, 5.41) is 2.94. The Morgan fingerprint density at radius 1 is 1.09 bits per heavy atom. The molecule has 1 fully saturated rings. The molecule has 7 heteroatoms. The second-order valence-corrected chi connectivity index (χ2v) is 8.17. The second-order valence-electron chi connectivity index (χ2n) is 8.17. The Kier molecular flexibility index (Phi) is 7.62. The van der Waals surface area contributed by atoms with E-state index in [-0.39, 0.29) is 23.4 Å². The summed E-state index contributed by atoms with van der Waals surface area (Å²) in [5.41, 5.74) is 1.64. The van der Waals surface area contributed by atoms with Crippen LogP contribution in [0.3, 0.4) is 0 Å². The minimum absolute atomic E-state index is 0.0503. The van der Waals surface area contributed by atoms with Crippen molar-refractivity contribution in [3.63, 3.8) is 0 Å². The largest absolute Gasteiger partial charge is 0.465 e. The van der Waals surface area contributed by atoms with Crippen molar-refractivity contribution in [2.24, 2.45) is 5.92 Å². The van der Waals surface area contributed by atoms with Crippen molar-refractivity contribution in [1.82, 2.24) is 10.2 Å².